The van der Waals surface area contributed by atoms with E-state index in [1.165, 1.54) is 18.5 Å². The Balaban J connectivity index is 1.44. The van der Waals surface area contributed by atoms with Crippen molar-refractivity contribution in [3.05, 3.63) is 72.8 Å². The highest BCUT2D eigenvalue weighted by Gasteiger charge is 2.31. The number of amides is 1. The molecule has 0 radical (unpaired) electrons. The van der Waals surface area contributed by atoms with Crippen LogP contribution in [0, 0.1) is 5.82 Å². The van der Waals surface area contributed by atoms with Gasteiger partial charge in [-0.05, 0) is 31.0 Å². The highest BCUT2D eigenvalue weighted by Crippen LogP contribution is 2.31. The van der Waals surface area contributed by atoms with E-state index >= 15 is 0 Å². The smallest absolute Gasteiger partial charge is 0.261 e. The molecule has 4 rings (SSSR count). The molecule has 0 spiro atoms. The SMILES string of the molecule is O=C(COc1ccccc1F)N1CCCC1c1ccc(-c2cncnc2)cn1. The molecule has 3 aromatic rings. The molecule has 0 bridgehead atoms. The Labute approximate surface area is 162 Å². The Morgan fingerprint density at radius 3 is 2.68 bits per heavy atom. The van der Waals surface area contributed by atoms with E-state index in [0.29, 0.717) is 6.54 Å². The van der Waals surface area contributed by atoms with Gasteiger partial charge >= 0.3 is 0 Å². The van der Waals surface area contributed by atoms with Gasteiger partial charge < -0.3 is 9.64 Å². The number of para-hydroxylation sites is 1. The van der Waals surface area contributed by atoms with Gasteiger partial charge in [0.25, 0.3) is 5.91 Å². The monoisotopic (exact) mass is 378 g/mol. The first kappa shape index (κ1) is 18.0. The highest BCUT2D eigenvalue weighted by atomic mass is 19.1. The molecule has 1 amide bonds. The Morgan fingerprint density at radius 1 is 1.11 bits per heavy atom. The molecule has 1 aliphatic heterocycles. The molecule has 1 aliphatic rings. The number of hydrogen-bond donors (Lipinski definition) is 0. The van der Waals surface area contributed by atoms with Gasteiger partial charge in [-0.3, -0.25) is 9.78 Å². The molecule has 0 N–H and O–H groups in total. The van der Waals surface area contributed by atoms with Crippen LogP contribution < -0.4 is 4.74 Å². The van der Waals surface area contributed by atoms with E-state index in [1.54, 1.807) is 35.6 Å². The lowest BCUT2D eigenvalue weighted by molar-refractivity contribution is -0.134. The molecule has 7 heteroatoms. The van der Waals surface area contributed by atoms with Crippen LogP contribution in [0.5, 0.6) is 5.75 Å². The zero-order valence-corrected chi connectivity index (χ0v) is 15.2. The van der Waals surface area contributed by atoms with Crippen LogP contribution >= 0.6 is 0 Å². The maximum atomic E-state index is 13.7. The first-order chi connectivity index (χ1) is 13.7. The van der Waals surface area contributed by atoms with Crippen LogP contribution in [-0.2, 0) is 4.79 Å². The van der Waals surface area contributed by atoms with E-state index in [0.717, 1.165) is 29.7 Å². The van der Waals surface area contributed by atoms with Crippen molar-refractivity contribution in [3.8, 4) is 16.9 Å². The summed E-state index contributed by atoms with van der Waals surface area (Å²) in [6.07, 6.45) is 8.45. The summed E-state index contributed by atoms with van der Waals surface area (Å²) in [4.78, 5) is 27.0. The second-order valence-electron chi connectivity index (χ2n) is 6.56. The molecule has 28 heavy (non-hydrogen) atoms. The van der Waals surface area contributed by atoms with Crippen LogP contribution in [0.2, 0.25) is 0 Å². The van der Waals surface area contributed by atoms with Gasteiger partial charge in [-0.25, -0.2) is 14.4 Å². The van der Waals surface area contributed by atoms with Crippen LogP contribution in [0.3, 0.4) is 0 Å². The number of aromatic nitrogens is 3. The molecule has 1 atom stereocenters. The number of hydrogen-bond acceptors (Lipinski definition) is 5. The highest BCUT2D eigenvalue weighted by molar-refractivity contribution is 5.78. The fraction of sp³-hybridized carbons (Fsp3) is 0.238. The molecular weight excluding hydrogens is 359 g/mol. The van der Waals surface area contributed by atoms with Crippen molar-refractivity contribution in [2.24, 2.45) is 0 Å². The van der Waals surface area contributed by atoms with Gasteiger partial charge in [-0.15, -0.1) is 0 Å². The van der Waals surface area contributed by atoms with Crippen molar-refractivity contribution >= 4 is 5.91 Å². The third-order valence-corrected chi connectivity index (χ3v) is 4.78. The molecule has 0 saturated carbocycles. The summed E-state index contributed by atoms with van der Waals surface area (Å²) in [7, 11) is 0. The van der Waals surface area contributed by atoms with Crippen LogP contribution in [0.1, 0.15) is 24.6 Å². The molecule has 2 aromatic heterocycles. The van der Waals surface area contributed by atoms with Crippen molar-refractivity contribution in [2.75, 3.05) is 13.2 Å². The van der Waals surface area contributed by atoms with Crippen LogP contribution in [0.25, 0.3) is 11.1 Å². The van der Waals surface area contributed by atoms with Crippen molar-refractivity contribution in [1.29, 1.82) is 0 Å². The van der Waals surface area contributed by atoms with Gasteiger partial charge in [0.2, 0.25) is 0 Å². The van der Waals surface area contributed by atoms with E-state index in [2.05, 4.69) is 15.0 Å². The third kappa shape index (κ3) is 3.83. The van der Waals surface area contributed by atoms with Gasteiger partial charge in [-0.2, -0.15) is 0 Å². The number of nitrogens with zero attached hydrogens (tertiary/aromatic N) is 4. The van der Waals surface area contributed by atoms with E-state index in [1.807, 2.05) is 12.1 Å². The second-order valence-corrected chi connectivity index (χ2v) is 6.56. The number of benzene rings is 1. The van der Waals surface area contributed by atoms with Crippen LogP contribution in [0.15, 0.2) is 61.3 Å². The lowest BCUT2D eigenvalue weighted by atomic mass is 10.1. The summed E-state index contributed by atoms with van der Waals surface area (Å²) in [6.45, 7) is 0.441. The maximum Gasteiger partial charge on any atom is 0.261 e. The minimum Gasteiger partial charge on any atom is -0.481 e. The van der Waals surface area contributed by atoms with Gasteiger partial charge in [0.05, 0.1) is 11.7 Å². The predicted molar refractivity (Wildman–Crippen MR) is 101 cm³/mol. The zero-order valence-electron chi connectivity index (χ0n) is 15.2. The van der Waals surface area contributed by atoms with Gasteiger partial charge in [0, 0.05) is 36.3 Å². The molecule has 3 heterocycles. The molecule has 6 nitrogen and oxygen atoms in total. The molecule has 1 aromatic carbocycles. The number of carbonyl (C=O) groups is 1. The molecule has 142 valence electrons. The Hall–Kier alpha value is -3.35. The summed E-state index contributed by atoms with van der Waals surface area (Å²) in [6, 6.07) is 9.85. The number of rotatable bonds is 5. The third-order valence-electron chi connectivity index (χ3n) is 4.78. The first-order valence-corrected chi connectivity index (χ1v) is 9.10. The minimum absolute atomic E-state index is 0.0826. The normalized spacial score (nSPS) is 16.2. The van der Waals surface area contributed by atoms with Gasteiger partial charge in [0.1, 0.15) is 6.33 Å². The van der Waals surface area contributed by atoms with Crippen LogP contribution in [-0.4, -0.2) is 38.9 Å². The largest absolute Gasteiger partial charge is 0.481 e. The van der Waals surface area contributed by atoms with Crippen LogP contribution in [0.4, 0.5) is 4.39 Å². The molecule has 1 unspecified atom stereocenters. The topological polar surface area (TPSA) is 68.2 Å². The average molecular weight is 378 g/mol. The Morgan fingerprint density at radius 2 is 1.93 bits per heavy atom. The average Bonchev–Trinajstić information content (AvgIpc) is 3.24. The van der Waals surface area contributed by atoms with E-state index in [9.17, 15) is 9.18 Å². The van der Waals surface area contributed by atoms with Crippen molar-refractivity contribution in [2.45, 2.75) is 18.9 Å². The maximum absolute atomic E-state index is 13.7. The number of pyridine rings is 1. The summed E-state index contributed by atoms with van der Waals surface area (Å²) in [5.74, 6) is -0.567. The number of carbonyl (C=O) groups excluding carboxylic acids is 1. The lowest BCUT2D eigenvalue weighted by Crippen LogP contribution is -2.34. The molecule has 1 fully saturated rings. The Bertz CT molecular complexity index is 950. The minimum atomic E-state index is -0.476. The zero-order chi connectivity index (χ0) is 19.3. The van der Waals surface area contributed by atoms with E-state index in [-0.39, 0.29) is 24.3 Å². The van der Waals surface area contributed by atoms with E-state index in [4.69, 9.17) is 4.74 Å². The lowest BCUT2D eigenvalue weighted by Gasteiger charge is -2.24. The summed E-state index contributed by atoms with van der Waals surface area (Å²) in [5, 5.41) is 0. The van der Waals surface area contributed by atoms with Crippen molar-refractivity contribution in [3.63, 3.8) is 0 Å². The molecule has 1 saturated heterocycles. The van der Waals surface area contributed by atoms with Crippen molar-refractivity contribution < 1.29 is 13.9 Å². The van der Waals surface area contributed by atoms with Gasteiger partial charge in [0.15, 0.2) is 18.2 Å². The van der Waals surface area contributed by atoms with Crippen molar-refractivity contribution in [1.82, 2.24) is 19.9 Å². The molecule has 0 aliphatic carbocycles. The predicted octanol–water partition coefficient (Wildman–Crippen LogP) is 3.42. The molecular formula is C21H19FN4O2. The van der Waals surface area contributed by atoms with Gasteiger partial charge in [-0.1, -0.05) is 18.2 Å². The summed E-state index contributed by atoms with van der Waals surface area (Å²) >= 11 is 0. The fourth-order valence-electron chi connectivity index (χ4n) is 3.38. The quantitative estimate of drug-likeness (QED) is 0.680. The number of halogens is 1. The fourth-order valence-corrected chi connectivity index (χ4v) is 3.38. The Kier molecular flexibility index (Phi) is 5.23. The first-order valence-electron chi connectivity index (χ1n) is 9.10. The summed E-state index contributed by atoms with van der Waals surface area (Å²) in [5.41, 5.74) is 2.64. The number of likely N-dealkylation sites (tertiary alicyclic amines) is 1. The van der Waals surface area contributed by atoms with E-state index < -0.39 is 5.82 Å². The standard InChI is InChI=1S/C21H19FN4O2/c22-17-4-1-2-6-20(17)28-13-21(27)26-9-3-5-19(26)18-8-7-15(12-25-18)16-10-23-14-24-11-16/h1-2,4,6-8,10-12,14,19H,3,5,9,13H2. The summed E-state index contributed by atoms with van der Waals surface area (Å²) < 4.78 is 19.0. The second kappa shape index (κ2) is 8.12. The number of ether oxygens (including phenoxy) is 1.